The SMILES string of the molecule is CC1CCN(CC(O)CN2CCN(C(C)C(F)(F)F)CC2)CC1. The van der Waals surface area contributed by atoms with Crippen LogP contribution in [0.4, 0.5) is 13.2 Å². The molecule has 1 N–H and O–H groups in total. The largest absolute Gasteiger partial charge is 0.403 e. The van der Waals surface area contributed by atoms with Crippen LogP contribution in [0.3, 0.4) is 0 Å². The van der Waals surface area contributed by atoms with Crippen LogP contribution in [-0.4, -0.2) is 90.5 Å². The highest BCUT2D eigenvalue weighted by Crippen LogP contribution is 2.25. The highest BCUT2D eigenvalue weighted by molar-refractivity contribution is 4.82. The van der Waals surface area contributed by atoms with Crippen LogP contribution in [-0.2, 0) is 0 Å². The molecule has 136 valence electrons. The molecule has 0 spiro atoms. The molecule has 2 heterocycles. The number of hydrogen-bond donors (Lipinski definition) is 1. The fourth-order valence-electron chi connectivity index (χ4n) is 3.44. The van der Waals surface area contributed by atoms with Crippen LogP contribution in [0, 0.1) is 5.92 Å². The van der Waals surface area contributed by atoms with Crippen LogP contribution in [0.5, 0.6) is 0 Å². The summed E-state index contributed by atoms with van der Waals surface area (Å²) in [4.78, 5) is 5.86. The smallest absolute Gasteiger partial charge is 0.390 e. The van der Waals surface area contributed by atoms with Gasteiger partial charge in [0.2, 0.25) is 0 Å². The summed E-state index contributed by atoms with van der Waals surface area (Å²) in [6.45, 7) is 8.79. The van der Waals surface area contributed by atoms with Gasteiger partial charge in [-0.05, 0) is 38.8 Å². The number of aliphatic hydroxyl groups is 1. The topological polar surface area (TPSA) is 30.0 Å². The number of likely N-dealkylation sites (tertiary alicyclic amines) is 1. The number of β-amino-alcohol motifs (C(OH)–C–C–N with tert-alkyl or cyclic N) is 1. The van der Waals surface area contributed by atoms with Gasteiger partial charge in [0.1, 0.15) is 6.04 Å². The first-order valence-electron chi connectivity index (χ1n) is 8.69. The van der Waals surface area contributed by atoms with Crippen molar-refractivity contribution in [2.45, 2.75) is 45.0 Å². The lowest BCUT2D eigenvalue weighted by molar-refractivity contribution is -0.182. The maximum absolute atomic E-state index is 12.7. The Balaban J connectivity index is 1.67. The molecule has 23 heavy (non-hydrogen) atoms. The van der Waals surface area contributed by atoms with Gasteiger partial charge in [-0.1, -0.05) is 6.92 Å². The summed E-state index contributed by atoms with van der Waals surface area (Å²) in [7, 11) is 0. The summed E-state index contributed by atoms with van der Waals surface area (Å²) in [5.74, 6) is 0.770. The second-order valence-corrected chi connectivity index (χ2v) is 7.19. The molecule has 2 fully saturated rings. The van der Waals surface area contributed by atoms with E-state index in [0.29, 0.717) is 39.3 Å². The van der Waals surface area contributed by atoms with Crippen molar-refractivity contribution >= 4 is 0 Å². The summed E-state index contributed by atoms with van der Waals surface area (Å²) >= 11 is 0. The lowest BCUT2D eigenvalue weighted by Gasteiger charge is -2.39. The van der Waals surface area contributed by atoms with Gasteiger partial charge in [-0.2, -0.15) is 13.2 Å². The zero-order valence-electron chi connectivity index (χ0n) is 14.2. The molecule has 2 unspecified atom stereocenters. The molecule has 0 aromatic carbocycles. The minimum atomic E-state index is -4.16. The van der Waals surface area contributed by atoms with Crippen LogP contribution in [0.2, 0.25) is 0 Å². The van der Waals surface area contributed by atoms with E-state index in [-0.39, 0.29) is 0 Å². The number of alkyl halides is 3. The van der Waals surface area contributed by atoms with Crippen LogP contribution in [0.1, 0.15) is 26.7 Å². The number of piperazine rings is 1. The Bertz CT molecular complexity index is 351. The molecule has 2 aliphatic heterocycles. The highest BCUT2D eigenvalue weighted by atomic mass is 19.4. The first-order chi connectivity index (χ1) is 10.8. The zero-order valence-corrected chi connectivity index (χ0v) is 14.2. The van der Waals surface area contributed by atoms with Crippen molar-refractivity contribution in [1.29, 1.82) is 0 Å². The van der Waals surface area contributed by atoms with E-state index in [1.54, 1.807) is 0 Å². The lowest BCUT2D eigenvalue weighted by Crippen LogP contribution is -2.55. The number of hydrogen-bond acceptors (Lipinski definition) is 4. The molecule has 2 rings (SSSR count). The molecular formula is C16H30F3N3O. The van der Waals surface area contributed by atoms with Crippen molar-refractivity contribution in [3.8, 4) is 0 Å². The predicted octanol–water partition coefficient (Wildman–Crippen LogP) is 1.65. The third-order valence-electron chi connectivity index (χ3n) is 5.24. The standard InChI is InChI=1S/C16H30F3N3O/c1-13-3-5-20(6-4-13)11-15(23)12-21-7-9-22(10-8-21)14(2)16(17,18)19/h13-15,23H,3-12H2,1-2H3. The minimum absolute atomic E-state index is 0.411. The molecule has 0 radical (unpaired) electrons. The predicted molar refractivity (Wildman–Crippen MR) is 84.4 cm³/mol. The molecule has 0 amide bonds. The number of rotatable bonds is 5. The van der Waals surface area contributed by atoms with Gasteiger partial charge in [0.15, 0.2) is 0 Å². The number of halogens is 3. The summed E-state index contributed by atoms with van der Waals surface area (Å²) in [5, 5.41) is 10.2. The van der Waals surface area contributed by atoms with E-state index in [2.05, 4.69) is 16.7 Å². The Morgan fingerprint density at radius 1 is 0.957 bits per heavy atom. The molecule has 2 atom stereocenters. The first kappa shape index (κ1) is 19.0. The molecule has 7 heteroatoms. The zero-order chi connectivity index (χ0) is 17.0. The molecule has 4 nitrogen and oxygen atoms in total. The van der Waals surface area contributed by atoms with Crippen molar-refractivity contribution in [1.82, 2.24) is 14.7 Å². The van der Waals surface area contributed by atoms with Crippen LogP contribution in [0.15, 0.2) is 0 Å². The van der Waals surface area contributed by atoms with E-state index in [1.165, 1.54) is 24.7 Å². The van der Waals surface area contributed by atoms with Crippen molar-refractivity contribution < 1.29 is 18.3 Å². The normalized spacial score (nSPS) is 26.3. The van der Waals surface area contributed by atoms with Crippen molar-refractivity contribution in [3.63, 3.8) is 0 Å². The van der Waals surface area contributed by atoms with Gasteiger partial charge in [0.25, 0.3) is 0 Å². The van der Waals surface area contributed by atoms with Gasteiger partial charge < -0.3 is 10.0 Å². The number of piperidine rings is 1. The van der Waals surface area contributed by atoms with Crippen LogP contribution >= 0.6 is 0 Å². The Hall–Kier alpha value is -0.370. The molecular weight excluding hydrogens is 307 g/mol. The number of aliphatic hydroxyl groups excluding tert-OH is 1. The molecule has 0 aromatic rings. The third-order valence-corrected chi connectivity index (χ3v) is 5.24. The lowest BCUT2D eigenvalue weighted by atomic mass is 9.99. The Morgan fingerprint density at radius 2 is 1.43 bits per heavy atom. The summed E-state index contributed by atoms with van der Waals surface area (Å²) in [6, 6.07) is -1.38. The van der Waals surface area contributed by atoms with E-state index < -0.39 is 18.3 Å². The van der Waals surface area contributed by atoms with Crippen LogP contribution in [0.25, 0.3) is 0 Å². The minimum Gasteiger partial charge on any atom is -0.390 e. The fourth-order valence-corrected chi connectivity index (χ4v) is 3.44. The van der Waals surface area contributed by atoms with Gasteiger partial charge in [0, 0.05) is 39.3 Å². The van der Waals surface area contributed by atoms with Crippen molar-refractivity contribution in [2.24, 2.45) is 5.92 Å². The molecule has 0 saturated carbocycles. The molecule has 0 bridgehead atoms. The second-order valence-electron chi connectivity index (χ2n) is 7.19. The van der Waals surface area contributed by atoms with Crippen LogP contribution < -0.4 is 0 Å². The molecule has 2 saturated heterocycles. The van der Waals surface area contributed by atoms with E-state index in [4.69, 9.17) is 0 Å². The maximum atomic E-state index is 12.7. The maximum Gasteiger partial charge on any atom is 0.403 e. The highest BCUT2D eigenvalue weighted by Gasteiger charge is 2.40. The third kappa shape index (κ3) is 5.89. The van der Waals surface area contributed by atoms with Gasteiger partial charge in [-0.15, -0.1) is 0 Å². The fraction of sp³-hybridized carbons (Fsp3) is 1.00. The van der Waals surface area contributed by atoms with Gasteiger partial charge in [0.05, 0.1) is 6.10 Å². The summed E-state index contributed by atoms with van der Waals surface area (Å²) < 4.78 is 38.2. The second kappa shape index (κ2) is 8.14. The number of nitrogens with zero attached hydrogens (tertiary/aromatic N) is 3. The average molecular weight is 337 g/mol. The Kier molecular flexibility index (Phi) is 6.71. The average Bonchev–Trinajstić information content (AvgIpc) is 2.49. The van der Waals surface area contributed by atoms with Gasteiger partial charge >= 0.3 is 6.18 Å². The first-order valence-corrected chi connectivity index (χ1v) is 8.69. The van der Waals surface area contributed by atoms with Crippen molar-refractivity contribution in [2.75, 3.05) is 52.4 Å². The van der Waals surface area contributed by atoms with E-state index in [0.717, 1.165) is 19.0 Å². The molecule has 0 aromatic heterocycles. The van der Waals surface area contributed by atoms with E-state index in [1.807, 2.05) is 0 Å². The summed E-state index contributed by atoms with van der Waals surface area (Å²) in [6.07, 6.45) is -2.22. The van der Waals surface area contributed by atoms with E-state index >= 15 is 0 Å². The summed E-state index contributed by atoms with van der Waals surface area (Å²) in [5.41, 5.74) is 0. The molecule has 2 aliphatic rings. The monoisotopic (exact) mass is 337 g/mol. The quantitative estimate of drug-likeness (QED) is 0.826. The van der Waals surface area contributed by atoms with Gasteiger partial charge in [-0.25, -0.2) is 0 Å². The molecule has 0 aliphatic carbocycles. The van der Waals surface area contributed by atoms with Crippen molar-refractivity contribution in [3.05, 3.63) is 0 Å². The Morgan fingerprint density at radius 3 is 1.91 bits per heavy atom. The van der Waals surface area contributed by atoms with E-state index in [9.17, 15) is 18.3 Å². The van der Waals surface area contributed by atoms with Gasteiger partial charge in [-0.3, -0.25) is 9.80 Å². The Labute approximate surface area is 137 Å².